The van der Waals surface area contributed by atoms with Crippen molar-refractivity contribution in [2.24, 2.45) is 5.73 Å². The van der Waals surface area contributed by atoms with Gasteiger partial charge in [-0.15, -0.1) is 0 Å². The van der Waals surface area contributed by atoms with Crippen molar-refractivity contribution < 1.29 is 4.74 Å². The lowest BCUT2D eigenvalue weighted by atomic mass is 10.4. The molecule has 0 aliphatic carbocycles. The molecule has 1 saturated heterocycles. The third-order valence-corrected chi connectivity index (χ3v) is 3.61. The van der Waals surface area contributed by atoms with Crippen molar-refractivity contribution in [2.45, 2.75) is 19.4 Å². The van der Waals surface area contributed by atoms with Crippen LogP contribution in [0, 0.1) is 11.3 Å². The molecule has 2 aromatic heterocycles. The molecule has 0 amide bonds. The minimum Gasteiger partial charge on any atom is -0.381 e. The zero-order chi connectivity index (χ0) is 16.9. The molecule has 2 aromatic rings. The van der Waals surface area contributed by atoms with Crippen LogP contribution in [0.2, 0.25) is 0 Å². The maximum absolute atomic E-state index is 8.30. The van der Waals surface area contributed by atoms with Gasteiger partial charge in [-0.1, -0.05) is 0 Å². The van der Waals surface area contributed by atoms with Gasteiger partial charge in [-0.2, -0.15) is 5.26 Å². The molecule has 1 fully saturated rings. The summed E-state index contributed by atoms with van der Waals surface area (Å²) in [4.78, 5) is 7.81. The van der Waals surface area contributed by atoms with Gasteiger partial charge in [0.25, 0.3) is 0 Å². The SMILES string of the molecule is C1CCOC1.N#Cc1ccc(Br)cn1.NCc1ccc(Br)cn1.[B]. The van der Waals surface area contributed by atoms with Crippen LogP contribution >= 0.6 is 31.9 Å². The van der Waals surface area contributed by atoms with E-state index >= 15 is 0 Å². The van der Waals surface area contributed by atoms with E-state index in [1.165, 1.54) is 12.8 Å². The Morgan fingerprint density at radius 3 is 1.96 bits per heavy atom. The Morgan fingerprint density at radius 2 is 1.62 bits per heavy atom. The molecule has 0 saturated carbocycles. The highest BCUT2D eigenvalue weighted by Gasteiger charge is 1.94. The minimum atomic E-state index is 0. The van der Waals surface area contributed by atoms with E-state index in [0.29, 0.717) is 12.2 Å². The number of nitrogens with two attached hydrogens (primary N) is 1. The van der Waals surface area contributed by atoms with Gasteiger partial charge < -0.3 is 10.5 Å². The van der Waals surface area contributed by atoms with Gasteiger partial charge in [0.05, 0.1) is 5.69 Å². The number of rotatable bonds is 1. The van der Waals surface area contributed by atoms with E-state index in [1.54, 1.807) is 24.5 Å². The molecular weight excluding hydrogens is 435 g/mol. The van der Waals surface area contributed by atoms with Crippen LogP contribution in [0.25, 0.3) is 0 Å². The van der Waals surface area contributed by atoms with Crippen molar-refractivity contribution in [1.82, 2.24) is 9.97 Å². The largest absolute Gasteiger partial charge is 0.381 e. The van der Waals surface area contributed by atoms with E-state index in [0.717, 1.165) is 27.9 Å². The molecule has 125 valence electrons. The van der Waals surface area contributed by atoms with E-state index in [1.807, 2.05) is 18.2 Å². The van der Waals surface area contributed by atoms with Crippen molar-refractivity contribution >= 4 is 40.3 Å². The van der Waals surface area contributed by atoms with Gasteiger partial charge in [0.15, 0.2) is 0 Å². The Labute approximate surface area is 161 Å². The highest BCUT2D eigenvalue weighted by molar-refractivity contribution is 9.10. The summed E-state index contributed by atoms with van der Waals surface area (Å²) >= 11 is 6.47. The zero-order valence-corrected chi connectivity index (χ0v) is 16.3. The number of nitriles is 1. The molecule has 5 nitrogen and oxygen atoms in total. The molecule has 2 N–H and O–H groups in total. The van der Waals surface area contributed by atoms with Crippen LogP contribution in [0.4, 0.5) is 0 Å². The van der Waals surface area contributed by atoms with Crippen LogP contribution in [-0.2, 0) is 11.3 Å². The Hall–Kier alpha value is -1.27. The van der Waals surface area contributed by atoms with E-state index in [9.17, 15) is 0 Å². The van der Waals surface area contributed by atoms with E-state index in [-0.39, 0.29) is 8.41 Å². The van der Waals surface area contributed by atoms with E-state index in [2.05, 4.69) is 41.8 Å². The van der Waals surface area contributed by atoms with Gasteiger partial charge in [-0.25, -0.2) is 4.98 Å². The standard InChI is InChI=1S/C6H7BrN2.C6H3BrN2.C4H8O.B/c2*7-5-1-2-6(3-8)9-4-5;1-2-4-5-3-1;/h1-2,4H,3,8H2;1-2,4H;1-4H2;. The topological polar surface area (TPSA) is 84.8 Å². The second-order valence-electron chi connectivity index (χ2n) is 4.46. The fraction of sp³-hybridized carbons (Fsp3) is 0.312. The molecule has 8 heteroatoms. The molecule has 3 rings (SSSR count). The van der Waals surface area contributed by atoms with Crippen LogP contribution < -0.4 is 5.73 Å². The minimum absolute atomic E-state index is 0. The monoisotopic (exact) mass is 451 g/mol. The van der Waals surface area contributed by atoms with Crippen LogP contribution in [-0.4, -0.2) is 31.6 Å². The summed E-state index contributed by atoms with van der Waals surface area (Å²) in [5, 5.41) is 8.30. The summed E-state index contributed by atoms with van der Waals surface area (Å²) in [6, 6.07) is 9.18. The normalized spacial score (nSPS) is 11.8. The predicted octanol–water partition coefficient (Wildman–Crippen LogP) is 3.43. The van der Waals surface area contributed by atoms with Crippen LogP contribution in [0.15, 0.2) is 45.6 Å². The molecule has 3 radical (unpaired) electrons. The lowest BCUT2D eigenvalue weighted by Gasteiger charge is -1.92. The van der Waals surface area contributed by atoms with Crippen LogP contribution in [0.5, 0.6) is 0 Å². The first kappa shape index (κ1) is 22.7. The van der Waals surface area contributed by atoms with Gasteiger partial charge in [-0.3, -0.25) is 4.98 Å². The number of pyridine rings is 2. The summed E-state index contributed by atoms with van der Waals surface area (Å²) in [7, 11) is 0. The molecule has 1 aliphatic rings. The van der Waals surface area contributed by atoms with Crippen molar-refractivity contribution in [3.63, 3.8) is 0 Å². The first-order chi connectivity index (χ1) is 11.2. The smallest absolute Gasteiger partial charge is 0.140 e. The second-order valence-corrected chi connectivity index (χ2v) is 6.30. The van der Waals surface area contributed by atoms with Gasteiger partial charge in [0.2, 0.25) is 0 Å². The number of hydrogen-bond donors (Lipinski definition) is 1. The Balaban J connectivity index is 0.000000337. The highest BCUT2D eigenvalue weighted by Crippen LogP contribution is 2.06. The fourth-order valence-electron chi connectivity index (χ4n) is 1.48. The molecule has 3 heterocycles. The first-order valence-corrected chi connectivity index (χ1v) is 8.64. The van der Waals surface area contributed by atoms with Crippen molar-refractivity contribution in [1.29, 1.82) is 5.26 Å². The predicted molar refractivity (Wildman–Crippen MR) is 102 cm³/mol. The van der Waals surface area contributed by atoms with Gasteiger partial charge in [0, 0.05) is 49.5 Å². The lowest BCUT2D eigenvalue weighted by Crippen LogP contribution is -1.97. The number of nitrogens with zero attached hydrogens (tertiary/aromatic N) is 3. The Morgan fingerprint density at radius 1 is 1.04 bits per heavy atom. The third-order valence-electron chi connectivity index (χ3n) is 2.67. The maximum atomic E-state index is 8.30. The molecule has 24 heavy (non-hydrogen) atoms. The number of aromatic nitrogens is 2. The number of hydrogen-bond acceptors (Lipinski definition) is 5. The molecule has 0 spiro atoms. The summed E-state index contributed by atoms with van der Waals surface area (Å²) in [6.07, 6.45) is 5.89. The number of ether oxygens (including phenoxy) is 1. The Kier molecular flexibility index (Phi) is 13.4. The average molecular weight is 453 g/mol. The van der Waals surface area contributed by atoms with Gasteiger partial charge in [-0.05, 0) is 69.0 Å². The molecule has 0 atom stereocenters. The summed E-state index contributed by atoms with van der Waals surface area (Å²) in [6.45, 7) is 2.51. The van der Waals surface area contributed by atoms with Gasteiger partial charge >= 0.3 is 0 Å². The molecule has 0 unspecified atom stereocenters. The highest BCUT2D eigenvalue weighted by atomic mass is 79.9. The molecule has 0 bridgehead atoms. The lowest BCUT2D eigenvalue weighted by molar-refractivity contribution is 0.198. The summed E-state index contributed by atoms with van der Waals surface area (Å²) in [5.74, 6) is 0. The summed E-state index contributed by atoms with van der Waals surface area (Å²) < 4.78 is 6.82. The average Bonchev–Trinajstić information content (AvgIpc) is 3.17. The fourth-order valence-corrected chi connectivity index (χ4v) is 1.95. The maximum Gasteiger partial charge on any atom is 0.140 e. The van der Waals surface area contributed by atoms with Crippen LogP contribution in [0.1, 0.15) is 24.2 Å². The van der Waals surface area contributed by atoms with Crippen LogP contribution in [0.3, 0.4) is 0 Å². The van der Waals surface area contributed by atoms with Crippen molar-refractivity contribution in [3.8, 4) is 6.07 Å². The molecule has 1 aliphatic heterocycles. The quantitative estimate of drug-likeness (QED) is 0.670. The zero-order valence-electron chi connectivity index (χ0n) is 13.2. The molecular formula is C16H18BBr2N4O. The van der Waals surface area contributed by atoms with Crippen molar-refractivity contribution in [3.05, 3.63) is 57.0 Å². The first-order valence-electron chi connectivity index (χ1n) is 7.05. The third kappa shape index (κ3) is 10.5. The van der Waals surface area contributed by atoms with E-state index < -0.39 is 0 Å². The molecule has 0 aromatic carbocycles. The Bertz CT molecular complexity index is 591. The summed E-state index contributed by atoms with van der Waals surface area (Å²) in [5.41, 5.74) is 6.68. The van der Waals surface area contributed by atoms with Crippen molar-refractivity contribution in [2.75, 3.05) is 13.2 Å². The van der Waals surface area contributed by atoms with Gasteiger partial charge in [0.1, 0.15) is 11.8 Å². The number of halogens is 2. The van der Waals surface area contributed by atoms with E-state index in [4.69, 9.17) is 15.7 Å². The second kappa shape index (κ2) is 14.1.